The molecule has 7 heteroatoms. The lowest BCUT2D eigenvalue weighted by molar-refractivity contribution is -0.0184. The van der Waals surface area contributed by atoms with Crippen LogP contribution in [0, 0.1) is 0 Å². The van der Waals surface area contributed by atoms with Crippen LogP contribution in [0.3, 0.4) is 0 Å². The van der Waals surface area contributed by atoms with Crippen molar-refractivity contribution in [1.82, 2.24) is 19.5 Å². The number of hydrogen-bond acceptors (Lipinski definition) is 6. The summed E-state index contributed by atoms with van der Waals surface area (Å²) in [4.78, 5) is 19.4. The van der Waals surface area contributed by atoms with Crippen LogP contribution in [0.25, 0.3) is 4.96 Å². The topological polar surface area (TPSA) is 70.7 Å². The molecule has 1 unspecified atom stereocenters. The van der Waals surface area contributed by atoms with Crippen molar-refractivity contribution in [2.45, 2.75) is 45.3 Å². The molecule has 1 N–H and O–H groups in total. The van der Waals surface area contributed by atoms with Crippen molar-refractivity contribution < 1.29 is 5.11 Å². The molecule has 0 spiro atoms. The van der Waals surface area contributed by atoms with Gasteiger partial charge in [-0.1, -0.05) is 18.3 Å². The van der Waals surface area contributed by atoms with Crippen LogP contribution in [0.4, 0.5) is 0 Å². The highest BCUT2D eigenvalue weighted by molar-refractivity contribution is 7.16. The molecule has 2 aromatic heterocycles. The van der Waals surface area contributed by atoms with E-state index in [4.69, 9.17) is 0 Å². The van der Waals surface area contributed by atoms with E-state index in [-0.39, 0.29) is 5.56 Å². The number of hydrogen-bond donors (Lipinski definition) is 1. The first-order valence-electron chi connectivity index (χ1n) is 7.30. The summed E-state index contributed by atoms with van der Waals surface area (Å²) >= 11 is 1.46. The number of likely N-dealkylation sites (tertiary alicyclic amines) is 1. The van der Waals surface area contributed by atoms with Gasteiger partial charge in [0, 0.05) is 19.2 Å². The Bertz CT molecular complexity index is 707. The van der Waals surface area contributed by atoms with Crippen LogP contribution in [0.1, 0.15) is 37.4 Å². The monoisotopic (exact) mass is 308 g/mol. The van der Waals surface area contributed by atoms with E-state index >= 15 is 0 Å². The maximum absolute atomic E-state index is 12.1. The Morgan fingerprint density at radius 1 is 1.52 bits per heavy atom. The van der Waals surface area contributed by atoms with Gasteiger partial charge in [-0.3, -0.25) is 9.69 Å². The van der Waals surface area contributed by atoms with E-state index in [2.05, 4.69) is 15.0 Å². The Kier molecular flexibility index (Phi) is 3.81. The van der Waals surface area contributed by atoms with E-state index in [9.17, 15) is 9.90 Å². The number of fused-ring (bicyclic) bond motifs is 1. The van der Waals surface area contributed by atoms with Gasteiger partial charge in [0.25, 0.3) is 5.56 Å². The Balaban J connectivity index is 1.85. The molecule has 0 aliphatic carbocycles. The molecular formula is C14H20N4O2S. The van der Waals surface area contributed by atoms with Crippen LogP contribution in [-0.2, 0) is 13.0 Å². The Morgan fingerprint density at radius 3 is 3.05 bits per heavy atom. The van der Waals surface area contributed by atoms with Crippen molar-refractivity contribution in [2.75, 3.05) is 13.1 Å². The fourth-order valence-electron chi connectivity index (χ4n) is 2.81. The fraction of sp³-hybridized carbons (Fsp3) is 0.643. The van der Waals surface area contributed by atoms with Crippen molar-refractivity contribution in [3.05, 3.63) is 27.1 Å². The predicted octanol–water partition coefficient (Wildman–Crippen LogP) is 1.06. The molecule has 1 aliphatic heterocycles. The van der Waals surface area contributed by atoms with Crippen LogP contribution < -0.4 is 5.56 Å². The minimum atomic E-state index is -0.642. The normalized spacial score (nSPS) is 23.8. The zero-order valence-corrected chi connectivity index (χ0v) is 13.2. The van der Waals surface area contributed by atoms with E-state index in [0.717, 1.165) is 36.5 Å². The summed E-state index contributed by atoms with van der Waals surface area (Å²) in [7, 11) is 0. The molecule has 6 nitrogen and oxygen atoms in total. The first kappa shape index (κ1) is 14.6. The maximum atomic E-state index is 12.1. The summed E-state index contributed by atoms with van der Waals surface area (Å²) < 4.78 is 1.37. The molecule has 1 saturated heterocycles. The smallest absolute Gasteiger partial charge is 0.275 e. The summed E-state index contributed by atoms with van der Waals surface area (Å²) in [5.74, 6) is 0. The average Bonchev–Trinajstić information content (AvgIpc) is 2.81. The first-order chi connectivity index (χ1) is 9.97. The molecular weight excluding hydrogens is 288 g/mol. The second-order valence-electron chi connectivity index (χ2n) is 5.94. The van der Waals surface area contributed by atoms with Crippen molar-refractivity contribution in [3.8, 4) is 0 Å². The molecule has 2 aromatic rings. The molecule has 1 aliphatic rings. The van der Waals surface area contributed by atoms with Gasteiger partial charge in [-0.15, -0.1) is 0 Å². The van der Waals surface area contributed by atoms with E-state index < -0.39 is 5.60 Å². The third-order valence-electron chi connectivity index (χ3n) is 3.78. The predicted molar refractivity (Wildman–Crippen MR) is 81.6 cm³/mol. The fourth-order valence-corrected chi connectivity index (χ4v) is 3.66. The zero-order valence-electron chi connectivity index (χ0n) is 12.4. The van der Waals surface area contributed by atoms with Crippen LogP contribution >= 0.6 is 11.3 Å². The second-order valence-corrected chi connectivity index (χ2v) is 6.98. The second kappa shape index (κ2) is 5.47. The van der Waals surface area contributed by atoms with Gasteiger partial charge in [-0.05, 0) is 32.7 Å². The van der Waals surface area contributed by atoms with Crippen LogP contribution in [0.2, 0.25) is 0 Å². The molecule has 1 fully saturated rings. The van der Waals surface area contributed by atoms with Crippen LogP contribution in [0.15, 0.2) is 10.9 Å². The Morgan fingerprint density at radius 2 is 2.33 bits per heavy atom. The van der Waals surface area contributed by atoms with Gasteiger partial charge in [0.05, 0.1) is 11.3 Å². The van der Waals surface area contributed by atoms with E-state index in [1.807, 2.05) is 13.8 Å². The van der Waals surface area contributed by atoms with Gasteiger partial charge in [0.15, 0.2) is 0 Å². The van der Waals surface area contributed by atoms with Gasteiger partial charge >= 0.3 is 0 Å². The largest absolute Gasteiger partial charge is 0.389 e. The summed E-state index contributed by atoms with van der Waals surface area (Å²) in [6, 6.07) is 1.55. The quantitative estimate of drug-likeness (QED) is 0.918. The number of aryl methyl sites for hydroxylation is 1. The lowest BCUT2D eigenvalue weighted by Gasteiger charge is -2.36. The standard InChI is InChI=1S/C14H20N4O2S/c1-3-11-16-18-12(19)7-10(15-13(18)21-11)8-17-6-4-5-14(2,20)9-17/h7,20H,3-6,8-9H2,1-2H3. The van der Waals surface area contributed by atoms with Crippen LogP contribution in [-0.4, -0.2) is 43.3 Å². The molecule has 0 bridgehead atoms. The van der Waals surface area contributed by atoms with Gasteiger partial charge < -0.3 is 5.11 Å². The first-order valence-corrected chi connectivity index (χ1v) is 8.12. The summed E-state index contributed by atoms with van der Waals surface area (Å²) in [5.41, 5.74) is -0.0178. The molecule has 0 aromatic carbocycles. The minimum Gasteiger partial charge on any atom is -0.389 e. The molecule has 0 amide bonds. The van der Waals surface area contributed by atoms with Crippen molar-refractivity contribution >= 4 is 16.3 Å². The molecule has 3 heterocycles. The van der Waals surface area contributed by atoms with E-state index in [0.29, 0.717) is 18.1 Å². The minimum absolute atomic E-state index is 0.130. The summed E-state index contributed by atoms with van der Waals surface area (Å²) in [6.45, 7) is 6.03. The van der Waals surface area contributed by atoms with Crippen molar-refractivity contribution in [1.29, 1.82) is 0 Å². The Labute approximate surface area is 127 Å². The molecule has 0 saturated carbocycles. The van der Waals surface area contributed by atoms with Crippen molar-refractivity contribution in [3.63, 3.8) is 0 Å². The highest BCUT2D eigenvalue weighted by atomic mass is 32.1. The number of piperidine rings is 1. The SMILES string of the molecule is CCc1nn2c(=O)cc(CN3CCCC(C)(O)C3)nc2s1. The maximum Gasteiger partial charge on any atom is 0.275 e. The number of aromatic nitrogens is 3. The lowest BCUT2D eigenvalue weighted by atomic mass is 9.95. The zero-order chi connectivity index (χ0) is 15.0. The van der Waals surface area contributed by atoms with E-state index in [1.54, 1.807) is 6.07 Å². The summed E-state index contributed by atoms with van der Waals surface area (Å²) in [5, 5.41) is 15.3. The van der Waals surface area contributed by atoms with Gasteiger partial charge in [0.2, 0.25) is 4.96 Å². The molecule has 1 atom stereocenters. The van der Waals surface area contributed by atoms with Crippen molar-refractivity contribution in [2.24, 2.45) is 0 Å². The molecule has 0 radical (unpaired) electrons. The highest BCUT2D eigenvalue weighted by Gasteiger charge is 2.28. The molecule has 114 valence electrons. The third-order valence-corrected chi connectivity index (χ3v) is 4.83. The highest BCUT2D eigenvalue weighted by Crippen LogP contribution is 2.21. The van der Waals surface area contributed by atoms with Gasteiger partial charge in [0.1, 0.15) is 5.01 Å². The lowest BCUT2D eigenvalue weighted by Crippen LogP contribution is -2.45. The number of aliphatic hydroxyl groups is 1. The Hall–Kier alpha value is -1.31. The average molecular weight is 308 g/mol. The molecule has 3 rings (SSSR count). The van der Waals surface area contributed by atoms with Gasteiger partial charge in [-0.2, -0.15) is 9.61 Å². The number of nitrogens with zero attached hydrogens (tertiary/aromatic N) is 4. The number of rotatable bonds is 3. The molecule has 21 heavy (non-hydrogen) atoms. The van der Waals surface area contributed by atoms with E-state index in [1.165, 1.54) is 15.9 Å². The van der Waals surface area contributed by atoms with Crippen LogP contribution in [0.5, 0.6) is 0 Å². The third kappa shape index (κ3) is 3.14. The summed E-state index contributed by atoms with van der Waals surface area (Å²) in [6.07, 6.45) is 2.60. The van der Waals surface area contributed by atoms with Gasteiger partial charge in [-0.25, -0.2) is 4.98 Å². The number of β-amino-alcohol motifs (C(OH)–C–C–N with tert-alkyl or cyclic N) is 1.